The van der Waals surface area contributed by atoms with Gasteiger partial charge in [0.05, 0.1) is 16.1 Å². The number of anilines is 1. The Bertz CT molecular complexity index is 1660. The van der Waals surface area contributed by atoms with E-state index in [0.717, 1.165) is 23.3 Å². The number of halogens is 3. The van der Waals surface area contributed by atoms with E-state index in [1.54, 1.807) is 35.2 Å². The maximum atomic E-state index is 13.9. The van der Waals surface area contributed by atoms with E-state index in [9.17, 15) is 26.4 Å². The molecule has 0 aliphatic carbocycles. The minimum absolute atomic E-state index is 0.0944. The van der Waals surface area contributed by atoms with Crippen LogP contribution in [0.2, 0.25) is 0 Å². The molecule has 1 fully saturated rings. The van der Waals surface area contributed by atoms with E-state index in [4.69, 9.17) is 4.74 Å². The van der Waals surface area contributed by atoms with E-state index >= 15 is 0 Å². The zero-order valence-corrected chi connectivity index (χ0v) is 26.9. The summed E-state index contributed by atoms with van der Waals surface area (Å²) in [6, 6.07) is 31.6. The first kappa shape index (κ1) is 34.0. The van der Waals surface area contributed by atoms with E-state index in [1.165, 1.54) is 10.4 Å². The van der Waals surface area contributed by atoms with Crippen molar-refractivity contribution in [3.63, 3.8) is 0 Å². The third-order valence-corrected chi connectivity index (χ3v) is 10.2. The molecule has 0 N–H and O–H groups in total. The Balaban J connectivity index is 1.25. The Labute approximate surface area is 274 Å². The molecule has 1 amide bonds. The number of nitrogens with zero attached hydrogens (tertiary/aromatic N) is 3. The molecule has 1 saturated heterocycles. The highest BCUT2D eigenvalue weighted by molar-refractivity contribution is 7.92. The maximum absolute atomic E-state index is 13.9. The van der Waals surface area contributed by atoms with Crippen LogP contribution in [-0.2, 0) is 34.0 Å². The Hall–Kier alpha value is -4.35. The van der Waals surface area contributed by atoms with E-state index in [0.29, 0.717) is 24.8 Å². The molecule has 1 heterocycles. The van der Waals surface area contributed by atoms with Crippen LogP contribution in [0, 0.1) is 0 Å². The van der Waals surface area contributed by atoms with Crippen molar-refractivity contribution < 1.29 is 31.1 Å². The van der Waals surface area contributed by atoms with E-state index in [-0.39, 0.29) is 38.6 Å². The molecule has 7 nitrogen and oxygen atoms in total. The van der Waals surface area contributed by atoms with Gasteiger partial charge in [0.25, 0.3) is 10.0 Å². The third kappa shape index (κ3) is 8.72. The topological polar surface area (TPSA) is 70.2 Å². The van der Waals surface area contributed by atoms with Crippen molar-refractivity contribution in [3.8, 4) is 0 Å². The molecule has 0 saturated carbocycles. The summed E-state index contributed by atoms with van der Waals surface area (Å²) in [6.07, 6.45) is -4.61. The third-order valence-electron chi connectivity index (χ3n) is 8.31. The lowest BCUT2D eigenvalue weighted by Crippen LogP contribution is -2.49. The molecular formula is C36H38F3N3O4S. The number of para-hydroxylation sites is 1. The quantitative estimate of drug-likeness (QED) is 0.165. The Morgan fingerprint density at radius 3 is 1.89 bits per heavy atom. The lowest BCUT2D eigenvalue weighted by Gasteiger charge is -2.38. The first-order valence-corrected chi connectivity index (χ1v) is 17.0. The van der Waals surface area contributed by atoms with Crippen molar-refractivity contribution in [3.05, 3.63) is 132 Å². The zero-order valence-electron chi connectivity index (χ0n) is 26.1. The largest absolute Gasteiger partial charge is 0.448 e. The molecular weight excluding hydrogens is 627 g/mol. The second-order valence-electron chi connectivity index (χ2n) is 11.7. The number of carbonyl (C=O) groups is 1. The number of hydrogen-bond donors (Lipinski definition) is 0. The molecule has 5 rings (SSSR count). The van der Waals surface area contributed by atoms with Crippen molar-refractivity contribution in [2.45, 2.75) is 56.0 Å². The van der Waals surface area contributed by atoms with Gasteiger partial charge in [-0.25, -0.2) is 13.2 Å². The molecule has 0 bridgehead atoms. The Kier molecular flexibility index (Phi) is 10.9. The highest BCUT2D eigenvalue weighted by Crippen LogP contribution is 2.34. The number of benzene rings is 4. The van der Waals surface area contributed by atoms with Crippen LogP contribution in [0.15, 0.2) is 120 Å². The van der Waals surface area contributed by atoms with Crippen molar-refractivity contribution in [2.24, 2.45) is 0 Å². The molecule has 248 valence electrons. The van der Waals surface area contributed by atoms with Crippen LogP contribution < -0.4 is 4.31 Å². The normalized spacial score (nSPS) is 15.0. The summed E-state index contributed by atoms with van der Waals surface area (Å²) in [6.45, 7) is 4.00. The summed E-state index contributed by atoms with van der Waals surface area (Å²) in [4.78, 5) is 16.6. The molecule has 0 unspecified atom stereocenters. The fourth-order valence-electron chi connectivity index (χ4n) is 5.74. The number of carbonyl (C=O) groups excluding carboxylic acids is 1. The lowest BCUT2D eigenvalue weighted by atomic mass is 10.0. The van der Waals surface area contributed by atoms with Gasteiger partial charge < -0.3 is 9.64 Å². The predicted octanol–water partition coefficient (Wildman–Crippen LogP) is 7.59. The van der Waals surface area contributed by atoms with Gasteiger partial charge in [-0.2, -0.15) is 13.2 Å². The highest BCUT2D eigenvalue weighted by Gasteiger charge is 2.37. The van der Waals surface area contributed by atoms with Crippen LogP contribution in [0.25, 0.3) is 0 Å². The number of ether oxygens (including phenoxy) is 1. The summed E-state index contributed by atoms with van der Waals surface area (Å²) in [5.41, 5.74) is 1.60. The van der Waals surface area contributed by atoms with Gasteiger partial charge in [0.1, 0.15) is 6.61 Å². The first-order valence-electron chi connectivity index (χ1n) is 15.5. The molecule has 4 aromatic rings. The Morgan fingerprint density at radius 2 is 1.36 bits per heavy atom. The molecule has 11 heteroatoms. The minimum atomic E-state index is -4.69. The van der Waals surface area contributed by atoms with Gasteiger partial charge in [-0.15, -0.1) is 0 Å². The summed E-state index contributed by atoms with van der Waals surface area (Å²) < 4.78 is 75.1. The average molecular weight is 666 g/mol. The van der Waals surface area contributed by atoms with E-state index < -0.39 is 38.8 Å². The molecule has 47 heavy (non-hydrogen) atoms. The number of sulfonamides is 1. The second-order valence-corrected chi connectivity index (χ2v) is 13.5. The van der Waals surface area contributed by atoms with Crippen molar-refractivity contribution in [1.82, 2.24) is 9.80 Å². The molecule has 1 aliphatic rings. The van der Waals surface area contributed by atoms with Crippen molar-refractivity contribution in [1.29, 1.82) is 0 Å². The monoisotopic (exact) mass is 665 g/mol. The minimum Gasteiger partial charge on any atom is -0.448 e. The van der Waals surface area contributed by atoms with Crippen molar-refractivity contribution in [2.75, 3.05) is 24.0 Å². The Morgan fingerprint density at radius 1 is 0.830 bits per heavy atom. The first-order chi connectivity index (χ1) is 22.5. The smallest absolute Gasteiger partial charge is 0.416 e. The van der Waals surface area contributed by atoms with Gasteiger partial charge >= 0.3 is 12.3 Å². The summed E-state index contributed by atoms with van der Waals surface area (Å²) >= 11 is 0. The van der Waals surface area contributed by atoms with Gasteiger partial charge in [-0.05, 0) is 61.2 Å². The van der Waals surface area contributed by atoms with Gasteiger partial charge in [0.2, 0.25) is 0 Å². The lowest BCUT2D eigenvalue weighted by molar-refractivity contribution is -0.137. The average Bonchev–Trinajstić information content (AvgIpc) is 3.08. The second kappa shape index (κ2) is 15.0. The number of rotatable bonds is 11. The molecule has 0 aromatic heterocycles. The van der Waals surface area contributed by atoms with Gasteiger partial charge in [0, 0.05) is 38.3 Å². The summed E-state index contributed by atoms with van der Waals surface area (Å²) in [5, 5.41) is 0. The molecule has 1 aliphatic heterocycles. The zero-order chi connectivity index (χ0) is 33.4. The van der Waals surface area contributed by atoms with Crippen LogP contribution in [-0.4, -0.2) is 56.1 Å². The molecule has 0 radical (unpaired) electrons. The SMILES string of the molecule is C[C@@H](COC(=O)N1CCC(N(c2ccccc2)S(=O)(=O)c2cccc(C(F)(F)F)c2)CC1)N(Cc1ccccc1)Cc1ccccc1. The van der Waals surface area contributed by atoms with Gasteiger partial charge in [-0.1, -0.05) is 84.9 Å². The number of piperidine rings is 1. The molecule has 0 spiro atoms. The molecule has 1 atom stereocenters. The van der Waals surface area contributed by atoms with E-state index in [1.807, 2.05) is 43.3 Å². The number of amides is 1. The number of alkyl halides is 3. The number of hydrogen-bond acceptors (Lipinski definition) is 5. The van der Waals surface area contributed by atoms with Crippen LogP contribution in [0.4, 0.5) is 23.7 Å². The predicted molar refractivity (Wildman–Crippen MR) is 175 cm³/mol. The van der Waals surface area contributed by atoms with Gasteiger partial charge in [0.15, 0.2) is 0 Å². The van der Waals surface area contributed by atoms with Crippen LogP contribution >= 0.6 is 0 Å². The van der Waals surface area contributed by atoms with Gasteiger partial charge in [-0.3, -0.25) is 9.21 Å². The standard InChI is InChI=1S/C36H38F3N3O4S/c1-28(41(25-29-12-5-2-6-13-29)26-30-14-7-3-8-15-30)27-46-35(43)40-22-20-33(21-23-40)42(32-17-9-4-10-18-32)47(44,45)34-19-11-16-31(24-34)36(37,38)39/h2-19,24,28,33H,20-23,25-27H2,1H3/t28-/m0/s1. The maximum Gasteiger partial charge on any atom is 0.416 e. The fraction of sp³-hybridized carbons (Fsp3) is 0.306. The fourth-order valence-corrected chi connectivity index (χ4v) is 7.50. The highest BCUT2D eigenvalue weighted by atomic mass is 32.2. The number of likely N-dealkylation sites (tertiary alicyclic amines) is 1. The van der Waals surface area contributed by atoms with Crippen LogP contribution in [0.3, 0.4) is 0 Å². The van der Waals surface area contributed by atoms with Crippen LogP contribution in [0.5, 0.6) is 0 Å². The van der Waals surface area contributed by atoms with E-state index in [2.05, 4.69) is 29.2 Å². The summed E-state index contributed by atoms with van der Waals surface area (Å²) in [7, 11) is -4.36. The summed E-state index contributed by atoms with van der Waals surface area (Å²) in [5.74, 6) is 0. The molecule has 4 aromatic carbocycles. The van der Waals surface area contributed by atoms with Crippen molar-refractivity contribution >= 4 is 21.8 Å². The van der Waals surface area contributed by atoms with Crippen LogP contribution in [0.1, 0.15) is 36.5 Å².